The molecule has 1 aliphatic carbocycles. The molecule has 220 valence electrons. The molecule has 0 bridgehead atoms. The van der Waals surface area contributed by atoms with Crippen LogP contribution in [0.5, 0.6) is 5.75 Å². The third kappa shape index (κ3) is 15.5. The summed E-state index contributed by atoms with van der Waals surface area (Å²) in [6, 6.07) is 9.91. The number of hydrogen-bond acceptors (Lipinski definition) is 5. The zero-order valence-corrected chi connectivity index (χ0v) is 24.3. The van der Waals surface area contributed by atoms with Crippen LogP contribution in [-0.2, 0) is 11.3 Å². The highest BCUT2D eigenvalue weighted by Gasteiger charge is 2.14. The number of rotatable bonds is 8. The van der Waals surface area contributed by atoms with Crippen LogP contribution in [-0.4, -0.2) is 38.7 Å². The lowest BCUT2D eigenvalue weighted by molar-refractivity contribution is 0.00817. The van der Waals surface area contributed by atoms with Crippen LogP contribution < -0.4 is 15.8 Å². The standard InChI is InChI=1S/C19H21ClN2O4.C7H14.C2H6.CHF3/c1-12(23)15-10-14(4-6-18(15)26-8-7-25-2)22-19(24)16-9-13(11-21)3-5-17(16)20;1-7-5-3-2-4-6-7;1-2;2-1(3)4/h3-6,9-10H,7-8,11,21H2,1-2H3,(H,22,24);7H,2-6H2,1H3;1-2H3;1H. The first kappa shape index (κ1) is 36.4. The number of carbonyl (C=O) groups is 2. The van der Waals surface area contributed by atoms with E-state index in [9.17, 15) is 22.8 Å². The maximum Gasteiger partial charge on any atom is 0.379 e. The van der Waals surface area contributed by atoms with Crippen LogP contribution in [0.3, 0.4) is 0 Å². The lowest BCUT2D eigenvalue weighted by Crippen LogP contribution is -2.14. The topological polar surface area (TPSA) is 90.7 Å². The van der Waals surface area contributed by atoms with Crippen molar-refractivity contribution in [2.75, 3.05) is 25.6 Å². The molecule has 0 heterocycles. The first-order chi connectivity index (χ1) is 18.6. The Morgan fingerprint density at radius 1 is 1.03 bits per heavy atom. The van der Waals surface area contributed by atoms with Gasteiger partial charge in [0.15, 0.2) is 5.78 Å². The van der Waals surface area contributed by atoms with Crippen molar-refractivity contribution in [1.82, 2.24) is 0 Å². The van der Waals surface area contributed by atoms with E-state index in [4.69, 9.17) is 26.8 Å². The van der Waals surface area contributed by atoms with Crippen molar-refractivity contribution >= 4 is 29.0 Å². The summed E-state index contributed by atoms with van der Waals surface area (Å²) < 4.78 is 39.5. The molecule has 1 amide bonds. The highest BCUT2D eigenvalue weighted by atomic mass is 35.5. The Labute approximate surface area is 235 Å². The van der Waals surface area contributed by atoms with Crippen molar-refractivity contribution in [3.63, 3.8) is 0 Å². The van der Waals surface area contributed by atoms with Gasteiger partial charge in [-0.15, -0.1) is 0 Å². The molecule has 0 spiro atoms. The van der Waals surface area contributed by atoms with Gasteiger partial charge in [0.25, 0.3) is 5.91 Å². The van der Waals surface area contributed by atoms with E-state index in [-0.39, 0.29) is 11.7 Å². The third-order valence-electron chi connectivity index (χ3n) is 5.57. The number of carbonyl (C=O) groups excluding carboxylic acids is 2. The molecule has 6 nitrogen and oxygen atoms in total. The van der Waals surface area contributed by atoms with Gasteiger partial charge in [0, 0.05) is 19.3 Å². The lowest BCUT2D eigenvalue weighted by Gasteiger charge is -2.15. The molecule has 0 radical (unpaired) electrons. The van der Waals surface area contributed by atoms with Gasteiger partial charge in [0.2, 0.25) is 0 Å². The number of alkyl halides is 3. The predicted molar refractivity (Wildman–Crippen MR) is 152 cm³/mol. The molecule has 0 unspecified atom stereocenters. The Hall–Kier alpha value is -2.62. The molecule has 0 atom stereocenters. The fraction of sp³-hybridized carbons (Fsp3) is 0.517. The summed E-state index contributed by atoms with van der Waals surface area (Å²) in [6.07, 6.45) is 7.44. The minimum absolute atomic E-state index is 0.170. The molecular formula is C29H42ClF3N2O4. The number of hydrogen-bond donors (Lipinski definition) is 2. The van der Waals surface area contributed by atoms with Crippen LogP contribution in [0.2, 0.25) is 5.02 Å². The van der Waals surface area contributed by atoms with Crippen LogP contribution in [0.4, 0.5) is 18.9 Å². The minimum atomic E-state index is -3.67. The highest BCUT2D eigenvalue weighted by molar-refractivity contribution is 6.34. The normalized spacial score (nSPS) is 12.6. The molecule has 3 rings (SSSR count). The van der Waals surface area contributed by atoms with Gasteiger partial charge < -0.3 is 20.5 Å². The van der Waals surface area contributed by atoms with E-state index >= 15 is 0 Å². The zero-order chi connectivity index (χ0) is 29.8. The molecule has 39 heavy (non-hydrogen) atoms. The molecule has 1 fully saturated rings. The van der Waals surface area contributed by atoms with E-state index in [1.54, 1.807) is 43.5 Å². The molecule has 0 aliphatic heterocycles. The molecule has 1 aliphatic rings. The van der Waals surface area contributed by atoms with Gasteiger partial charge in [-0.25, -0.2) is 0 Å². The van der Waals surface area contributed by atoms with Gasteiger partial charge in [0.1, 0.15) is 12.4 Å². The number of nitrogens with two attached hydrogens (primary N) is 1. The number of ketones is 1. The summed E-state index contributed by atoms with van der Waals surface area (Å²) in [5, 5.41) is 3.07. The van der Waals surface area contributed by atoms with Gasteiger partial charge in [-0.3, -0.25) is 9.59 Å². The van der Waals surface area contributed by atoms with Crippen molar-refractivity contribution in [2.24, 2.45) is 11.7 Å². The molecule has 2 aromatic rings. The van der Waals surface area contributed by atoms with Crippen molar-refractivity contribution in [2.45, 2.75) is 73.0 Å². The third-order valence-corrected chi connectivity index (χ3v) is 5.90. The summed E-state index contributed by atoms with van der Waals surface area (Å²) in [6.45, 7) is 5.17. The largest absolute Gasteiger partial charge is 0.490 e. The highest BCUT2D eigenvalue weighted by Crippen LogP contribution is 2.25. The van der Waals surface area contributed by atoms with Crippen LogP contribution in [0.25, 0.3) is 0 Å². The van der Waals surface area contributed by atoms with Gasteiger partial charge >= 0.3 is 6.68 Å². The Morgan fingerprint density at radius 3 is 2.13 bits per heavy atom. The van der Waals surface area contributed by atoms with Crippen LogP contribution in [0.1, 0.15) is 86.1 Å². The number of amides is 1. The second-order valence-corrected chi connectivity index (χ2v) is 8.98. The summed E-state index contributed by atoms with van der Waals surface area (Å²) in [4.78, 5) is 24.4. The summed E-state index contributed by atoms with van der Waals surface area (Å²) >= 11 is 6.10. The van der Waals surface area contributed by atoms with Crippen LogP contribution in [0, 0.1) is 5.92 Å². The quantitative estimate of drug-likeness (QED) is 0.246. The Balaban J connectivity index is 0.000000915. The van der Waals surface area contributed by atoms with Gasteiger partial charge in [0.05, 0.1) is 22.8 Å². The van der Waals surface area contributed by atoms with E-state index < -0.39 is 6.68 Å². The number of halogens is 4. The maximum atomic E-state index is 12.5. The van der Waals surface area contributed by atoms with E-state index in [0.29, 0.717) is 47.3 Å². The number of ether oxygens (including phenoxy) is 2. The number of benzene rings is 2. The first-order valence-corrected chi connectivity index (χ1v) is 13.5. The number of anilines is 1. The second kappa shape index (κ2) is 21.2. The molecule has 0 saturated heterocycles. The van der Waals surface area contributed by atoms with E-state index in [2.05, 4.69) is 12.2 Å². The van der Waals surface area contributed by atoms with E-state index in [1.165, 1.54) is 39.0 Å². The molecule has 1 saturated carbocycles. The smallest absolute Gasteiger partial charge is 0.379 e. The number of methoxy groups -OCH3 is 1. The average Bonchev–Trinajstić information content (AvgIpc) is 2.91. The first-order valence-electron chi connectivity index (χ1n) is 13.1. The fourth-order valence-electron chi connectivity index (χ4n) is 3.62. The minimum Gasteiger partial charge on any atom is -0.490 e. The second-order valence-electron chi connectivity index (χ2n) is 8.57. The lowest BCUT2D eigenvalue weighted by atomic mass is 9.91. The summed E-state index contributed by atoms with van der Waals surface area (Å²) in [7, 11) is 1.57. The van der Waals surface area contributed by atoms with Gasteiger partial charge in [-0.05, 0) is 48.7 Å². The molecule has 10 heteroatoms. The van der Waals surface area contributed by atoms with E-state index in [0.717, 1.165) is 11.5 Å². The maximum absolute atomic E-state index is 12.5. The van der Waals surface area contributed by atoms with Crippen LogP contribution in [0.15, 0.2) is 36.4 Å². The number of nitrogens with one attached hydrogen (secondary N) is 1. The molecule has 0 aromatic heterocycles. The van der Waals surface area contributed by atoms with Crippen molar-refractivity contribution in [3.8, 4) is 5.75 Å². The van der Waals surface area contributed by atoms with Crippen LogP contribution >= 0.6 is 11.6 Å². The Morgan fingerprint density at radius 2 is 1.64 bits per heavy atom. The molecule has 3 N–H and O–H groups in total. The van der Waals surface area contributed by atoms with E-state index in [1.807, 2.05) is 13.8 Å². The number of Topliss-reactive ketones (excluding diaryl/α,β-unsaturated/α-hetero) is 1. The van der Waals surface area contributed by atoms with Crippen molar-refractivity contribution < 1.29 is 32.2 Å². The zero-order valence-electron chi connectivity index (χ0n) is 23.5. The van der Waals surface area contributed by atoms with Gasteiger partial charge in [-0.1, -0.05) is 70.5 Å². The van der Waals surface area contributed by atoms with Crippen molar-refractivity contribution in [3.05, 3.63) is 58.1 Å². The summed E-state index contributed by atoms with van der Waals surface area (Å²) in [5.41, 5.74) is 7.56. The summed E-state index contributed by atoms with van der Waals surface area (Å²) in [5.74, 6) is 0.925. The Bertz CT molecular complexity index is 984. The SMILES string of the molecule is CC.CC1CCCCC1.COCCOc1ccc(NC(=O)c2cc(CN)ccc2Cl)cc1C(C)=O.FC(F)F. The fourth-order valence-corrected chi connectivity index (χ4v) is 3.83. The predicted octanol–water partition coefficient (Wildman–Crippen LogP) is 8.07. The van der Waals surface area contributed by atoms with Crippen molar-refractivity contribution in [1.29, 1.82) is 0 Å². The monoisotopic (exact) mass is 574 g/mol. The molecule has 2 aromatic carbocycles. The molecular weight excluding hydrogens is 533 g/mol. The van der Waals surface area contributed by atoms with Gasteiger partial charge in [-0.2, -0.15) is 13.2 Å². The Kier molecular flexibility index (Phi) is 19.8. The average molecular weight is 575 g/mol.